The highest BCUT2D eigenvalue weighted by Crippen LogP contribution is 2.44. The van der Waals surface area contributed by atoms with Gasteiger partial charge in [0.1, 0.15) is 0 Å². The minimum Gasteiger partial charge on any atom is -0.483 e. The van der Waals surface area contributed by atoms with Crippen LogP contribution in [0.25, 0.3) is 21.3 Å². The Hall–Kier alpha value is -4.07. The first-order valence-electron chi connectivity index (χ1n) is 14.4. The number of nitrogens with zero attached hydrogens (tertiary/aromatic N) is 5. The number of carboxylic acid groups (broad SMARTS) is 1. The molecule has 0 amide bonds. The summed E-state index contributed by atoms with van der Waals surface area (Å²) < 4.78 is 2.63. The fourth-order valence-electron chi connectivity index (χ4n) is 6.39. The van der Waals surface area contributed by atoms with Gasteiger partial charge in [-0.05, 0) is 87.3 Å². The molecule has 1 aromatic carbocycles. The molecule has 2 aliphatic heterocycles. The van der Waals surface area contributed by atoms with E-state index in [9.17, 15) is 10.1 Å². The van der Waals surface area contributed by atoms with E-state index >= 15 is 0 Å². The lowest BCUT2D eigenvalue weighted by atomic mass is 9.90. The Bertz CT molecular complexity index is 1750. The lowest BCUT2D eigenvalue weighted by Crippen LogP contribution is -2.40. The summed E-state index contributed by atoms with van der Waals surface area (Å²) in [6.07, 6.45) is 9.17. The van der Waals surface area contributed by atoms with E-state index in [2.05, 4.69) is 64.5 Å². The number of carbonyl (C=O) groups is 1. The molecule has 0 unspecified atom stereocenters. The second kappa shape index (κ2) is 11.3. The molecule has 10 heteroatoms. The van der Waals surface area contributed by atoms with E-state index in [1.54, 1.807) is 22.1 Å². The predicted molar refractivity (Wildman–Crippen MR) is 164 cm³/mol. The highest BCUT2D eigenvalue weighted by atomic mass is 32.1. The summed E-state index contributed by atoms with van der Waals surface area (Å²) in [6, 6.07) is 12.9. The maximum absolute atomic E-state index is 12.8. The van der Waals surface area contributed by atoms with Gasteiger partial charge in [0, 0.05) is 58.6 Å². The molecule has 1 aliphatic carbocycles. The Morgan fingerprint density at radius 1 is 1.24 bits per heavy atom. The summed E-state index contributed by atoms with van der Waals surface area (Å²) in [4.78, 5) is 29.4. The van der Waals surface area contributed by atoms with Crippen molar-refractivity contribution in [3.05, 3.63) is 74.6 Å². The van der Waals surface area contributed by atoms with Crippen LogP contribution in [0.1, 0.15) is 67.0 Å². The van der Waals surface area contributed by atoms with Gasteiger partial charge in [0.15, 0.2) is 0 Å². The van der Waals surface area contributed by atoms with Crippen molar-refractivity contribution >= 4 is 33.7 Å². The highest BCUT2D eigenvalue weighted by Gasteiger charge is 2.37. The van der Waals surface area contributed by atoms with E-state index in [1.165, 1.54) is 11.3 Å². The molecule has 5 heterocycles. The predicted octanol–water partition coefficient (Wildman–Crippen LogP) is 4.91. The normalized spacial score (nSPS) is 19.1. The number of nitriles is 1. The number of hydrogen-bond acceptors (Lipinski definition) is 8. The van der Waals surface area contributed by atoms with Crippen LogP contribution >= 0.6 is 11.3 Å². The maximum atomic E-state index is 12.8. The minimum atomic E-state index is -0.250. The number of hydrogen-bond donors (Lipinski definition) is 2. The Labute approximate surface area is 248 Å². The summed E-state index contributed by atoms with van der Waals surface area (Å²) in [5.74, 6) is 0.511. The van der Waals surface area contributed by atoms with Crippen LogP contribution in [0.4, 0.5) is 5.69 Å². The summed E-state index contributed by atoms with van der Waals surface area (Å²) in [5.41, 5.74) is 7.47. The number of aromatic nitrogens is 3. The van der Waals surface area contributed by atoms with Gasteiger partial charge < -0.3 is 15.3 Å². The van der Waals surface area contributed by atoms with Crippen LogP contribution < -0.4 is 15.8 Å². The largest absolute Gasteiger partial charge is 0.483 e. The number of nitrogens with one attached hydrogen (secondary N) is 1. The molecule has 1 atom stereocenters. The van der Waals surface area contributed by atoms with E-state index in [4.69, 9.17) is 9.90 Å². The average molecular weight is 583 g/mol. The van der Waals surface area contributed by atoms with Crippen molar-refractivity contribution < 1.29 is 9.90 Å². The molecule has 216 valence electrons. The summed E-state index contributed by atoms with van der Waals surface area (Å²) in [5, 5.41) is 25.0. The topological polar surface area (TPSA) is 124 Å². The monoisotopic (exact) mass is 582 g/mol. The third-order valence-corrected chi connectivity index (χ3v) is 9.59. The van der Waals surface area contributed by atoms with Gasteiger partial charge in [-0.15, -0.1) is 11.3 Å². The molecule has 1 saturated carbocycles. The van der Waals surface area contributed by atoms with Crippen molar-refractivity contribution in [1.82, 2.24) is 20.1 Å². The number of rotatable bonds is 5. The minimum absolute atomic E-state index is 0.0513. The molecular formula is C32H34N6O3S. The molecule has 2 N–H and O–H groups in total. The summed E-state index contributed by atoms with van der Waals surface area (Å²) >= 11 is 1.67. The van der Waals surface area contributed by atoms with Crippen molar-refractivity contribution in [3.8, 4) is 17.2 Å². The lowest BCUT2D eigenvalue weighted by Gasteiger charge is -2.38. The van der Waals surface area contributed by atoms with Crippen LogP contribution in [-0.2, 0) is 17.8 Å². The third kappa shape index (κ3) is 5.54. The van der Waals surface area contributed by atoms with Crippen LogP contribution in [0.3, 0.4) is 0 Å². The zero-order valence-electron chi connectivity index (χ0n) is 23.8. The van der Waals surface area contributed by atoms with Crippen molar-refractivity contribution in [1.29, 1.82) is 5.26 Å². The average Bonchev–Trinajstić information content (AvgIpc) is 3.64. The quantitative estimate of drug-likeness (QED) is 0.318. The first kappa shape index (κ1) is 28.1. The lowest BCUT2D eigenvalue weighted by molar-refractivity contribution is -0.122. The Morgan fingerprint density at radius 3 is 2.74 bits per heavy atom. The molecule has 42 heavy (non-hydrogen) atoms. The van der Waals surface area contributed by atoms with Crippen molar-refractivity contribution in [2.45, 2.75) is 70.0 Å². The molecule has 4 aromatic rings. The number of aryl methyl sites for hydroxylation is 1. The fourth-order valence-corrected chi connectivity index (χ4v) is 7.51. The van der Waals surface area contributed by atoms with Gasteiger partial charge in [-0.25, -0.2) is 4.68 Å². The number of anilines is 1. The number of pyridine rings is 1. The van der Waals surface area contributed by atoms with Gasteiger partial charge >= 0.3 is 0 Å². The molecule has 1 saturated heterocycles. The van der Waals surface area contributed by atoms with Crippen molar-refractivity contribution in [3.63, 3.8) is 0 Å². The van der Waals surface area contributed by atoms with Crippen molar-refractivity contribution in [2.24, 2.45) is 0 Å². The molecule has 7 rings (SSSR count). The van der Waals surface area contributed by atoms with Gasteiger partial charge in [0.05, 0.1) is 34.6 Å². The molecule has 9 nitrogen and oxygen atoms in total. The van der Waals surface area contributed by atoms with E-state index in [0.29, 0.717) is 24.1 Å². The van der Waals surface area contributed by atoms with Gasteiger partial charge in [-0.1, -0.05) is 0 Å². The first-order chi connectivity index (χ1) is 20.3. The molecule has 2 fully saturated rings. The summed E-state index contributed by atoms with van der Waals surface area (Å²) in [7, 11) is 0. The SMILES string of the molecule is CC1(C)C[C@H](N2CCCc3cc(C#N)cc(-c4ccnc5cc(Cn6ncc(C7CC7)cc6=O)sc45)c32)CN1.O=CO. The van der Waals surface area contributed by atoms with Gasteiger partial charge in [0.2, 0.25) is 0 Å². The smallest absolute Gasteiger partial charge is 0.290 e. The van der Waals surface area contributed by atoms with Gasteiger partial charge in [-0.2, -0.15) is 10.4 Å². The number of thiophene rings is 1. The van der Waals surface area contributed by atoms with Crippen LogP contribution in [0.2, 0.25) is 0 Å². The molecule has 0 spiro atoms. The molecular weight excluding hydrogens is 548 g/mol. The fraction of sp³-hybridized carbons (Fsp3) is 0.406. The third-order valence-electron chi connectivity index (χ3n) is 8.45. The molecule has 0 bridgehead atoms. The van der Waals surface area contributed by atoms with E-state index in [1.807, 2.05) is 12.4 Å². The standard InChI is InChI=1S/C31H32N6OS.CH2O2/c1-31(2)14-23(17-34-31)36-9-3-4-21-10-19(15-32)11-26(29(21)36)25-7-8-33-27-13-24(39-30(25)27)18-37-28(38)12-22(16-35-37)20-5-6-20;2-1-3/h7-8,10-13,16,20,23,34H,3-6,9,14,17-18H2,1-2H3;1H,(H,2,3)/t23-;/m0./s1. The van der Waals surface area contributed by atoms with Crippen LogP contribution in [0.15, 0.2) is 47.5 Å². The zero-order chi connectivity index (χ0) is 29.4. The van der Waals surface area contributed by atoms with Gasteiger partial charge in [-0.3, -0.25) is 14.6 Å². The van der Waals surface area contributed by atoms with Crippen molar-refractivity contribution in [2.75, 3.05) is 18.0 Å². The highest BCUT2D eigenvalue weighted by molar-refractivity contribution is 7.19. The van der Waals surface area contributed by atoms with Gasteiger partial charge in [0.25, 0.3) is 12.0 Å². The van der Waals surface area contributed by atoms with E-state index < -0.39 is 0 Å². The second-order valence-corrected chi connectivity index (χ2v) is 13.1. The van der Waals surface area contributed by atoms with Crippen LogP contribution in [-0.4, -0.2) is 51.0 Å². The van der Waals surface area contributed by atoms with E-state index in [-0.39, 0.29) is 17.6 Å². The second-order valence-electron chi connectivity index (χ2n) is 12.0. The summed E-state index contributed by atoms with van der Waals surface area (Å²) in [6.45, 7) is 6.70. The Kier molecular flexibility index (Phi) is 7.56. The molecule has 3 aliphatic rings. The Morgan fingerprint density at radius 2 is 2.05 bits per heavy atom. The van der Waals surface area contributed by atoms with Crippen LogP contribution in [0, 0.1) is 11.3 Å². The number of benzene rings is 1. The maximum Gasteiger partial charge on any atom is 0.290 e. The molecule has 3 aromatic heterocycles. The van der Waals surface area contributed by atoms with E-state index in [0.717, 1.165) is 77.0 Å². The Balaban J connectivity index is 0.00000101. The number of fused-ring (bicyclic) bond motifs is 2. The first-order valence-corrected chi connectivity index (χ1v) is 15.2. The molecule has 0 radical (unpaired) electrons. The van der Waals surface area contributed by atoms with Crippen LogP contribution in [0.5, 0.6) is 0 Å². The zero-order valence-corrected chi connectivity index (χ0v) is 24.7.